The van der Waals surface area contributed by atoms with E-state index in [0.717, 1.165) is 35.9 Å². The smallest absolute Gasteiger partial charge is 0.164 e. The fourth-order valence-corrected chi connectivity index (χ4v) is 4.92. The van der Waals surface area contributed by atoms with Crippen LogP contribution in [0.3, 0.4) is 0 Å². The van der Waals surface area contributed by atoms with E-state index in [0.29, 0.717) is 0 Å². The molecule has 4 heteroatoms. The van der Waals surface area contributed by atoms with Crippen LogP contribution >= 0.6 is 0 Å². The van der Waals surface area contributed by atoms with Crippen LogP contribution in [0.1, 0.15) is 42.3 Å². The number of fused-ring (bicyclic) bond motifs is 4. The van der Waals surface area contributed by atoms with Crippen molar-refractivity contribution < 1.29 is 0 Å². The molecule has 30 heavy (non-hydrogen) atoms. The molecule has 0 saturated heterocycles. The molecular weight excluding hydrogens is 368 g/mol. The predicted molar refractivity (Wildman–Crippen MR) is 120 cm³/mol. The summed E-state index contributed by atoms with van der Waals surface area (Å²) in [5, 5.41) is 12.8. The van der Waals surface area contributed by atoms with Crippen LogP contribution in [0.25, 0.3) is 22.5 Å². The van der Waals surface area contributed by atoms with Crippen molar-refractivity contribution in [2.24, 2.45) is 0 Å². The van der Waals surface area contributed by atoms with Crippen molar-refractivity contribution in [1.29, 1.82) is 0 Å². The van der Waals surface area contributed by atoms with E-state index in [1.807, 2.05) is 0 Å². The van der Waals surface area contributed by atoms with Gasteiger partial charge in [-0.25, -0.2) is 0 Å². The van der Waals surface area contributed by atoms with Gasteiger partial charge in [-0.2, -0.15) is 0 Å². The Hall–Kier alpha value is -3.40. The SMILES string of the molecule is c1cc(NC2c3ccccc3-c3ccccc32)cc(-c2nnc3n2CCCCC3)c1. The number of aromatic nitrogens is 3. The number of aryl methyl sites for hydroxylation is 1. The lowest BCUT2D eigenvalue weighted by molar-refractivity contribution is 0.636. The predicted octanol–water partition coefficient (Wildman–Crippen LogP) is 5.85. The molecule has 0 amide bonds. The maximum Gasteiger partial charge on any atom is 0.164 e. The second-order valence-electron chi connectivity index (χ2n) is 8.23. The van der Waals surface area contributed by atoms with Crippen molar-refractivity contribution in [3.63, 3.8) is 0 Å². The molecule has 0 radical (unpaired) electrons. The second-order valence-corrected chi connectivity index (χ2v) is 8.23. The number of rotatable bonds is 3. The first kappa shape index (κ1) is 17.5. The molecule has 148 valence electrons. The third-order valence-corrected chi connectivity index (χ3v) is 6.38. The van der Waals surface area contributed by atoms with Crippen molar-refractivity contribution in [2.75, 3.05) is 5.32 Å². The first-order valence-corrected chi connectivity index (χ1v) is 10.9. The Bertz CT molecular complexity index is 1180. The summed E-state index contributed by atoms with van der Waals surface area (Å²) in [5.41, 5.74) is 7.55. The average molecular weight is 393 g/mol. The van der Waals surface area contributed by atoms with Gasteiger partial charge in [-0.05, 0) is 47.2 Å². The van der Waals surface area contributed by atoms with E-state index in [1.165, 1.54) is 41.5 Å². The molecule has 4 aromatic rings. The first-order valence-electron chi connectivity index (χ1n) is 10.9. The summed E-state index contributed by atoms with van der Waals surface area (Å²) in [7, 11) is 0. The van der Waals surface area contributed by atoms with Crippen LogP contribution in [0.15, 0.2) is 72.8 Å². The zero-order chi connectivity index (χ0) is 19.9. The Morgan fingerprint density at radius 1 is 0.767 bits per heavy atom. The molecule has 4 nitrogen and oxygen atoms in total. The average Bonchev–Trinajstić information content (AvgIpc) is 3.24. The van der Waals surface area contributed by atoms with Crippen LogP contribution in [-0.4, -0.2) is 14.8 Å². The largest absolute Gasteiger partial charge is 0.374 e. The molecule has 0 bridgehead atoms. The summed E-state index contributed by atoms with van der Waals surface area (Å²) in [5.74, 6) is 2.11. The van der Waals surface area contributed by atoms with Gasteiger partial charge >= 0.3 is 0 Å². The lowest BCUT2D eigenvalue weighted by atomic mass is 10.0. The lowest BCUT2D eigenvalue weighted by Gasteiger charge is -2.18. The van der Waals surface area contributed by atoms with E-state index in [2.05, 4.69) is 92.9 Å². The molecule has 1 aromatic heterocycles. The molecule has 3 aromatic carbocycles. The first-order chi connectivity index (χ1) is 14.9. The third kappa shape index (κ3) is 2.83. The van der Waals surface area contributed by atoms with E-state index in [1.54, 1.807) is 0 Å². The third-order valence-electron chi connectivity index (χ3n) is 6.38. The standard InChI is InChI=1S/C26H24N4/c1-2-15-24-28-29-26(30(24)16-7-1)18-9-8-10-19(17-18)27-25-22-13-5-3-11-20(22)21-12-4-6-14-23(21)25/h3-6,8-14,17,25,27H,1-2,7,15-16H2. The Morgan fingerprint density at radius 3 is 2.33 bits per heavy atom. The fraction of sp³-hybridized carbons (Fsp3) is 0.231. The van der Waals surface area contributed by atoms with Crippen molar-refractivity contribution in [3.8, 4) is 22.5 Å². The molecule has 1 N–H and O–H groups in total. The number of hydrogen-bond acceptors (Lipinski definition) is 3. The van der Waals surface area contributed by atoms with Crippen LogP contribution in [-0.2, 0) is 13.0 Å². The highest BCUT2D eigenvalue weighted by molar-refractivity contribution is 5.80. The number of benzene rings is 3. The quantitative estimate of drug-likeness (QED) is 0.475. The zero-order valence-electron chi connectivity index (χ0n) is 16.9. The van der Waals surface area contributed by atoms with E-state index < -0.39 is 0 Å². The van der Waals surface area contributed by atoms with Crippen LogP contribution in [0.2, 0.25) is 0 Å². The number of anilines is 1. The molecule has 6 rings (SSSR count). The highest BCUT2D eigenvalue weighted by Crippen LogP contribution is 2.44. The number of hydrogen-bond donors (Lipinski definition) is 1. The van der Waals surface area contributed by atoms with E-state index >= 15 is 0 Å². The van der Waals surface area contributed by atoms with Crippen molar-refractivity contribution in [3.05, 3.63) is 89.7 Å². The number of nitrogens with zero attached hydrogens (tertiary/aromatic N) is 3. The van der Waals surface area contributed by atoms with Gasteiger partial charge in [0.25, 0.3) is 0 Å². The maximum absolute atomic E-state index is 4.54. The van der Waals surface area contributed by atoms with Crippen LogP contribution in [0, 0.1) is 0 Å². The number of nitrogens with one attached hydrogen (secondary N) is 1. The van der Waals surface area contributed by atoms with Crippen molar-refractivity contribution in [1.82, 2.24) is 14.8 Å². The second kappa shape index (κ2) is 7.13. The molecule has 2 heterocycles. The fourth-order valence-electron chi connectivity index (χ4n) is 4.92. The highest BCUT2D eigenvalue weighted by atomic mass is 15.3. The van der Waals surface area contributed by atoms with Gasteiger partial charge in [0, 0.05) is 24.2 Å². The van der Waals surface area contributed by atoms with Crippen molar-refractivity contribution in [2.45, 2.75) is 38.3 Å². The van der Waals surface area contributed by atoms with Gasteiger partial charge in [-0.1, -0.05) is 67.1 Å². The summed E-state index contributed by atoms with van der Waals surface area (Å²) in [6.45, 7) is 1.01. The van der Waals surface area contributed by atoms with Crippen LogP contribution in [0.5, 0.6) is 0 Å². The minimum Gasteiger partial charge on any atom is -0.374 e. The van der Waals surface area contributed by atoms with Gasteiger partial charge in [0.1, 0.15) is 5.82 Å². The van der Waals surface area contributed by atoms with E-state index in [9.17, 15) is 0 Å². The molecule has 0 fully saturated rings. The molecule has 1 aliphatic heterocycles. The molecule has 0 spiro atoms. The Balaban J connectivity index is 1.37. The lowest BCUT2D eigenvalue weighted by Crippen LogP contribution is -2.09. The normalized spacial score (nSPS) is 15.2. The minimum absolute atomic E-state index is 0.156. The topological polar surface area (TPSA) is 42.7 Å². The van der Waals surface area contributed by atoms with Crippen molar-refractivity contribution >= 4 is 5.69 Å². The molecule has 2 aliphatic rings. The van der Waals surface area contributed by atoms with Gasteiger partial charge in [-0.15, -0.1) is 10.2 Å². The summed E-state index contributed by atoms with van der Waals surface area (Å²) in [4.78, 5) is 0. The summed E-state index contributed by atoms with van der Waals surface area (Å²) in [6.07, 6.45) is 4.71. The maximum atomic E-state index is 4.54. The molecule has 1 aliphatic carbocycles. The van der Waals surface area contributed by atoms with Crippen LogP contribution < -0.4 is 5.32 Å². The minimum atomic E-state index is 0.156. The molecule has 0 atom stereocenters. The van der Waals surface area contributed by atoms with E-state index in [-0.39, 0.29) is 6.04 Å². The van der Waals surface area contributed by atoms with Gasteiger partial charge in [0.15, 0.2) is 5.82 Å². The summed E-state index contributed by atoms with van der Waals surface area (Å²) in [6, 6.07) is 26.2. The van der Waals surface area contributed by atoms with Gasteiger partial charge in [0.2, 0.25) is 0 Å². The summed E-state index contributed by atoms with van der Waals surface area (Å²) >= 11 is 0. The van der Waals surface area contributed by atoms with Gasteiger partial charge < -0.3 is 9.88 Å². The molecule has 0 saturated carbocycles. The Kier molecular flexibility index (Phi) is 4.15. The monoisotopic (exact) mass is 392 g/mol. The zero-order valence-corrected chi connectivity index (χ0v) is 16.9. The Labute approximate surface area is 176 Å². The molecular formula is C26H24N4. The van der Waals surface area contributed by atoms with Gasteiger partial charge in [0.05, 0.1) is 6.04 Å². The highest BCUT2D eigenvalue weighted by Gasteiger charge is 2.28. The molecule has 0 unspecified atom stereocenters. The summed E-state index contributed by atoms with van der Waals surface area (Å²) < 4.78 is 2.31. The van der Waals surface area contributed by atoms with E-state index in [4.69, 9.17) is 0 Å². The van der Waals surface area contributed by atoms with Crippen LogP contribution in [0.4, 0.5) is 5.69 Å². The van der Waals surface area contributed by atoms with Gasteiger partial charge in [-0.3, -0.25) is 0 Å². The Morgan fingerprint density at radius 2 is 1.53 bits per heavy atom.